The van der Waals surface area contributed by atoms with Gasteiger partial charge in [0.1, 0.15) is 0 Å². The Hall–Kier alpha value is -0.200. The van der Waals surface area contributed by atoms with Crippen LogP contribution in [-0.2, 0) is 4.74 Å². The summed E-state index contributed by atoms with van der Waals surface area (Å²) in [5.74, 6) is 0. The van der Waals surface area contributed by atoms with Gasteiger partial charge in [0.15, 0.2) is 0 Å². The van der Waals surface area contributed by atoms with Crippen LogP contribution in [0.1, 0.15) is 0 Å². The van der Waals surface area contributed by atoms with Crippen molar-refractivity contribution in [3.8, 4) is 0 Å². The summed E-state index contributed by atoms with van der Waals surface area (Å²) >= 11 is 0. The summed E-state index contributed by atoms with van der Waals surface area (Å²) in [6.45, 7) is 0.266. The zero-order valence-corrected chi connectivity index (χ0v) is 7.23. The van der Waals surface area contributed by atoms with Crippen LogP contribution in [0.3, 0.4) is 0 Å². The highest BCUT2D eigenvalue weighted by Crippen LogP contribution is 1.84. The third-order valence-electron chi connectivity index (χ3n) is 1.44. The molecule has 0 heterocycles. The molecule has 0 rings (SSSR count). The highest BCUT2D eigenvalue weighted by Gasteiger charge is 2.08. The maximum Gasteiger partial charge on any atom is 0.0897 e. The number of hydrogen-bond donors (Lipinski definition) is 4. The van der Waals surface area contributed by atoms with Crippen LogP contribution < -0.4 is 5.32 Å². The van der Waals surface area contributed by atoms with E-state index in [2.05, 4.69) is 10.1 Å². The molecule has 74 valence electrons. The number of aliphatic hydroxyl groups is 3. The van der Waals surface area contributed by atoms with E-state index in [1.807, 2.05) is 0 Å². The Kier molecular flexibility index (Phi) is 7.33. The molecule has 0 amide bonds. The number of aliphatic hydroxyl groups excluding tert-OH is 3. The molecule has 0 aliphatic heterocycles. The SMILES string of the molecule is COCC(O)CNC(CO)CO. The molecular weight excluding hydrogens is 162 g/mol. The lowest BCUT2D eigenvalue weighted by Crippen LogP contribution is -2.41. The van der Waals surface area contributed by atoms with Crippen molar-refractivity contribution in [1.29, 1.82) is 0 Å². The van der Waals surface area contributed by atoms with Crippen molar-refractivity contribution in [2.24, 2.45) is 0 Å². The average Bonchev–Trinajstić information content (AvgIpc) is 2.07. The molecule has 0 spiro atoms. The Morgan fingerprint density at radius 2 is 1.92 bits per heavy atom. The first kappa shape index (κ1) is 11.8. The smallest absolute Gasteiger partial charge is 0.0897 e. The lowest BCUT2D eigenvalue weighted by molar-refractivity contribution is 0.0578. The number of hydrogen-bond acceptors (Lipinski definition) is 5. The minimum atomic E-state index is -0.601. The van der Waals surface area contributed by atoms with Crippen molar-refractivity contribution in [2.75, 3.05) is 33.5 Å². The number of methoxy groups -OCH3 is 1. The van der Waals surface area contributed by atoms with Crippen molar-refractivity contribution in [2.45, 2.75) is 12.1 Å². The predicted molar refractivity (Wildman–Crippen MR) is 43.8 cm³/mol. The molecule has 0 saturated heterocycles. The highest BCUT2D eigenvalue weighted by molar-refractivity contribution is 4.66. The fourth-order valence-electron chi connectivity index (χ4n) is 0.741. The molecule has 0 aliphatic rings. The van der Waals surface area contributed by atoms with Gasteiger partial charge in [-0.05, 0) is 0 Å². The van der Waals surface area contributed by atoms with Gasteiger partial charge in [0.2, 0.25) is 0 Å². The maximum atomic E-state index is 9.14. The molecule has 0 saturated carbocycles. The maximum absolute atomic E-state index is 9.14. The summed E-state index contributed by atoms with van der Waals surface area (Å²) in [5.41, 5.74) is 0. The van der Waals surface area contributed by atoms with Gasteiger partial charge in [0.05, 0.1) is 32.0 Å². The molecular formula is C7H17NO4. The van der Waals surface area contributed by atoms with Crippen LogP contribution in [-0.4, -0.2) is 60.9 Å². The van der Waals surface area contributed by atoms with E-state index in [1.165, 1.54) is 7.11 Å². The summed E-state index contributed by atoms with van der Waals surface area (Å²) in [4.78, 5) is 0. The van der Waals surface area contributed by atoms with Gasteiger partial charge in [-0.15, -0.1) is 0 Å². The third kappa shape index (κ3) is 5.45. The van der Waals surface area contributed by atoms with E-state index < -0.39 is 6.10 Å². The number of ether oxygens (including phenoxy) is 1. The van der Waals surface area contributed by atoms with Crippen LogP contribution in [0.2, 0.25) is 0 Å². The van der Waals surface area contributed by atoms with Crippen LogP contribution >= 0.6 is 0 Å². The number of nitrogens with one attached hydrogen (secondary N) is 1. The molecule has 0 fully saturated rings. The van der Waals surface area contributed by atoms with Gasteiger partial charge in [-0.25, -0.2) is 0 Å². The monoisotopic (exact) mass is 179 g/mol. The quantitative estimate of drug-likeness (QED) is 0.361. The van der Waals surface area contributed by atoms with Gasteiger partial charge in [0.25, 0.3) is 0 Å². The summed E-state index contributed by atoms with van der Waals surface area (Å²) in [7, 11) is 1.50. The molecule has 4 N–H and O–H groups in total. The van der Waals surface area contributed by atoms with E-state index >= 15 is 0 Å². The van der Waals surface area contributed by atoms with Crippen LogP contribution in [0.25, 0.3) is 0 Å². The van der Waals surface area contributed by atoms with Crippen molar-refractivity contribution < 1.29 is 20.1 Å². The standard InChI is InChI=1S/C7H17NO4/c1-12-5-7(11)2-8-6(3-9)4-10/h6-11H,2-5H2,1H3. The largest absolute Gasteiger partial charge is 0.395 e. The fraction of sp³-hybridized carbons (Fsp3) is 1.00. The zero-order valence-electron chi connectivity index (χ0n) is 7.23. The summed E-state index contributed by atoms with van der Waals surface area (Å²) in [5, 5.41) is 29.2. The molecule has 5 heteroatoms. The van der Waals surface area contributed by atoms with Crippen molar-refractivity contribution in [3.63, 3.8) is 0 Å². The van der Waals surface area contributed by atoms with Gasteiger partial charge >= 0.3 is 0 Å². The fourth-order valence-corrected chi connectivity index (χ4v) is 0.741. The minimum absolute atomic E-state index is 0.143. The lowest BCUT2D eigenvalue weighted by Gasteiger charge is -2.16. The van der Waals surface area contributed by atoms with Crippen LogP contribution in [0, 0.1) is 0 Å². The Balaban J connectivity index is 3.37. The average molecular weight is 179 g/mol. The molecule has 0 aliphatic carbocycles. The molecule has 5 nitrogen and oxygen atoms in total. The molecule has 0 radical (unpaired) electrons. The molecule has 1 unspecified atom stereocenters. The Morgan fingerprint density at radius 3 is 2.33 bits per heavy atom. The van der Waals surface area contributed by atoms with Gasteiger partial charge in [-0.1, -0.05) is 0 Å². The van der Waals surface area contributed by atoms with Gasteiger partial charge in [-0.2, -0.15) is 0 Å². The topological polar surface area (TPSA) is 82.0 Å². The molecule has 12 heavy (non-hydrogen) atoms. The van der Waals surface area contributed by atoms with E-state index in [4.69, 9.17) is 15.3 Å². The molecule has 1 atom stereocenters. The van der Waals surface area contributed by atoms with Gasteiger partial charge < -0.3 is 25.4 Å². The van der Waals surface area contributed by atoms with E-state index in [0.717, 1.165) is 0 Å². The Morgan fingerprint density at radius 1 is 1.33 bits per heavy atom. The first-order valence-corrected chi connectivity index (χ1v) is 3.86. The van der Waals surface area contributed by atoms with Crippen molar-refractivity contribution >= 4 is 0 Å². The summed E-state index contributed by atoms with van der Waals surface area (Å²) in [6, 6.07) is -0.364. The summed E-state index contributed by atoms with van der Waals surface area (Å²) < 4.78 is 4.69. The second-order valence-corrected chi connectivity index (χ2v) is 2.58. The third-order valence-corrected chi connectivity index (χ3v) is 1.44. The predicted octanol–water partition coefficient (Wildman–Crippen LogP) is -2.06. The number of rotatable bonds is 7. The first-order valence-electron chi connectivity index (χ1n) is 3.86. The first-order chi connectivity index (χ1) is 5.74. The minimum Gasteiger partial charge on any atom is -0.395 e. The Bertz CT molecular complexity index is 97.4. The lowest BCUT2D eigenvalue weighted by atomic mass is 10.3. The van der Waals surface area contributed by atoms with Crippen molar-refractivity contribution in [3.05, 3.63) is 0 Å². The van der Waals surface area contributed by atoms with Crippen LogP contribution in [0.4, 0.5) is 0 Å². The Labute approximate surface area is 72.0 Å². The molecule has 0 aromatic rings. The molecule has 0 aromatic heterocycles. The van der Waals surface area contributed by atoms with E-state index in [-0.39, 0.29) is 25.9 Å². The summed E-state index contributed by atoms with van der Waals surface area (Å²) in [6.07, 6.45) is -0.601. The molecule has 0 aromatic carbocycles. The van der Waals surface area contributed by atoms with Gasteiger partial charge in [0, 0.05) is 13.7 Å². The second kappa shape index (κ2) is 7.45. The van der Waals surface area contributed by atoms with Gasteiger partial charge in [-0.3, -0.25) is 0 Å². The van der Waals surface area contributed by atoms with E-state index in [0.29, 0.717) is 6.54 Å². The zero-order chi connectivity index (χ0) is 9.40. The highest BCUT2D eigenvalue weighted by atomic mass is 16.5. The molecule has 0 bridgehead atoms. The van der Waals surface area contributed by atoms with Crippen LogP contribution in [0.5, 0.6) is 0 Å². The normalized spacial score (nSPS) is 13.8. The second-order valence-electron chi connectivity index (χ2n) is 2.58. The van der Waals surface area contributed by atoms with E-state index in [1.54, 1.807) is 0 Å². The van der Waals surface area contributed by atoms with Crippen molar-refractivity contribution in [1.82, 2.24) is 5.32 Å². The van der Waals surface area contributed by atoms with E-state index in [9.17, 15) is 0 Å². The van der Waals surface area contributed by atoms with Crippen LogP contribution in [0.15, 0.2) is 0 Å².